The molecular formula is C22H23ClF2N2O. The number of halogens is 3. The van der Waals surface area contributed by atoms with Crippen molar-refractivity contribution in [1.82, 2.24) is 9.55 Å². The fourth-order valence-electron chi connectivity index (χ4n) is 4.19. The molecule has 2 aromatic carbocycles. The van der Waals surface area contributed by atoms with Crippen LogP contribution in [0.3, 0.4) is 0 Å². The van der Waals surface area contributed by atoms with Crippen molar-refractivity contribution in [3.05, 3.63) is 47.0 Å². The molecule has 0 N–H and O–H groups in total. The molecule has 6 heteroatoms. The highest BCUT2D eigenvalue weighted by molar-refractivity contribution is 6.30. The van der Waals surface area contributed by atoms with Gasteiger partial charge in [0.15, 0.2) is 11.6 Å². The van der Waals surface area contributed by atoms with Gasteiger partial charge in [-0.1, -0.05) is 43.7 Å². The van der Waals surface area contributed by atoms with Gasteiger partial charge < -0.3 is 9.30 Å². The first-order valence-electron chi connectivity index (χ1n) is 9.76. The molecular weight excluding hydrogens is 382 g/mol. The number of methoxy groups -OCH3 is 1. The molecule has 0 atom stereocenters. The zero-order valence-electron chi connectivity index (χ0n) is 15.9. The van der Waals surface area contributed by atoms with E-state index in [9.17, 15) is 8.78 Å². The number of fused-ring (bicyclic) bond motifs is 1. The molecule has 0 aliphatic heterocycles. The maximum atomic E-state index is 14.0. The molecule has 0 amide bonds. The van der Waals surface area contributed by atoms with Crippen molar-refractivity contribution in [2.75, 3.05) is 7.11 Å². The number of nitrogens with zero attached hydrogens (tertiary/aromatic N) is 2. The van der Waals surface area contributed by atoms with E-state index in [1.807, 2.05) is 10.6 Å². The molecule has 0 saturated heterocycles. The number of hydrogen-bond acceptors (Lipinski definition) is 2. The molecule has 1 aliphatic rings. The third kappa shape index (κ3) is 3.72. The zero-order valence-corrected chi connectivity index (χ0v) is 16.6. The van der Waals surface area contributed by atoms with Crippen LogP contribution in [0.25, 0.3) is 22.4 Å². The monoisotopic (exact) mass is 404 g/mol. The van der Waals surface area contributed by atoms with E-state index in [-0.39, 0.29) is 0 Å². The van der Waals surface area contributed by atoms with Gasteiger partial charge in [-0.25, -0.2) is 13.8 Å². The number of ether oxygens (including phenoxy) is 1. The minimum atomic E-state index is -0.890. The van der Waals surface area contributed by atoms with Crippen molar-refractivity contribution < 1.29 is 13.5 Å². The third-order valence-electron chi connectivity index (χ3n) is 5.68. The maximum Gasteiger partial charge on any atom is 0.161 e. The normalized spacial score (nSPS) is 15.3. The fraction of sp³-hybridized carbons (Fsp3) is 0.409. The summed E-state index contributed by atoms with van der Waals surface area (Å²) in [5, 5.41) is 0.558. The van der Waals surface area contributed by atoms with Crippen molar-refractivity contribution in [1.29, 1.82) is 0 Å². The summed E-state index contributed by atoms with van der Waals surface area (Å²) in [6, 6.07) is 7.73. The van der Waals surface area contributed by atoms with Gasteiger partial charge in [0.25, 0.3) is 0 Å². The summed E-state index contributed by atoms with van der Waals surface area (Å²) >= 11 is 6.10. The van der Waals surface area contributed by atoms with Crippen LogP contribution in [0, 0.1) is 17.6 Å². The summed E-state index contributed by atoms with van der Waals surface area (Å²) < 4.78 is 35.2. The number of imidazole rings is 1. The predicted octanol–water partition coefficient (Wildman–Crippen LogP) is 6.61. The first-order valence-corrected chi connectivity index (χ1v) is 10.1. The Labute approximate surface area is 168 Å². The molecule has 1 saturated carbocycles. The van der Waals surface area contributed by atoms with Gasteiger partial charge in [-0.05, 0) is 30.5 Å². The molecule has 148 valence electrons. The average molecular weight is 405 g/mol. The van der Waals surface area contributed by atoms with Gasteiger partial charge in [0.05, 0.1) is 23.7 Å². The van der Waals surface area contributed by atoms with Crippen LogP contribution in [-0.4, -0.2) is 16.7 Å². The Hall–Kier alpha value is -2.14. The van der Waals surface area contributed by atoms with Gasteiger partial charge in [-0.15, -0.1) is 0 Å². The number of benzene rings is 2. The van der Waals surface area contributed by atoms with Gasteiger partial charge in [0.2, 0.25) is 0 Å². The second kappa shape index (κ2) is 8.08. The molecule has 3 nitrogen and oxygen atoms in total. The number of rotatable bonds is 5. The van der Waals surface area contributed by atoms with Gasteiger partial charge >= 0.3 is 0 Å². The molecule has 0 bridgehead atoms. The Bertz CT molecular complexity index is 996. The SMILES string of the molecule is COc1cc(Cl)ccc1-c1nc2cc(F)c(F)cc2n1CCC1CCCCC1. The second-order valence-electron chi connectivity index (χ2n) is 7.48. The van der Waals surface area contributed by atoms with Gasteiger partial charge in [-0.3, -0.25) is 0 Å². The Morgan fingerprint density at radius 3 is 2.61 bits per heavy atom. The Balaban J connectivity index is 1.80. The van der Waals surface area contributed by atoms with Crippen LogP contribution >= 0.6 is 11.6 Å². The lowest BCUT2D eigenvalue weighted by atomic mass is 9.87. The lowest BCUT2D eigenvalue weighted by Gasteiger charge is -2.22. The summed E-state index contributed by atoms with van der Waals surface area (Å²) in [6.07, 6.45) is 7.31. The predicted molar refractivity (Wildman–Crippen MR) is 108 cm³/mol. The average Bonchev–Trinajstić information content (AvgIpc) is 3.04. The second-order valence-corrected chi connectivity index (χ2v) is 7.92. The largest absolute Gasteiger partial charge is 0.496 e. The highest BCUT2D eigenvalue weighted by Gasteiger charge is 2.20. The highest BCUT2D eigenvalue weighted by atomic mass is 35.5. The van der Waals surface area contributed by atoms with Crippen molar-refractivity contribution >= 4 is 22.6 Å². The lowest BCUT2D eigenvalue weighted by Crippen LogP contribution is -2.11. The van der Waals surface area contributed by atoms with Crippen molar-refractivity contribution in [2.45, 2.75) is 45.1 Å². The maximum absolute atomic E-state index is 14.0. The van der Waals surface area contributed by atoms with Crippen molar-refractivity contribution in [3.63, 3.8) is 0 Å². The summed E-state index contributed by atoms with van der Waals surface area (Å²) in [6.45, 7) is 0.702. The summed E-state index contributed by atoms with van der Waals surface area (Å²) in [7, 11) is 1.57. The van der Waals surface area contributed by atoms with E-state index < -0.39 is 11.6 Å². The molecule has 1 aliphatic carbocycles. The van der Waals surface area contributed by atoms with E-state index in [0.29, 0.717) is 40.1 Å². The van der Waals surface area contributed by atoms with Gasteiger partial charge in [-0.2, -0.15) is 0 Å². The number of aromatic nitrogens is 2. The fourth-order valence-corrected chi connectivity index (χ4v) is 4.35. The molecule has 0 spiro atoms. The standard InChI is InChI=1S/C22H23ClF2N2O/c1-28-21-11-15(23)7-8-16(21)22-26-19-12-17(24)18(25)13-20(19)27(22)10-9-14-5-3-2-4-6-14/h7-8,11-14H,2-6,9-10H2,1H3. The number of aryl methyl sites for hydroxylation is 1. The van der Waals surface area contributed by atoms with Gasteiger partial charge in [0.1, 0.15) is 11.6 Å². The van der Waals surface area contributed by atoms with Crippen LogP contribution in [0.1, 0.15) is 38.5 Å². The van der Waals surface area contributed by atoms with Crippen LogP contribution in [0.2, 0.25) is 5.02 Å². The quantitative estimate of drug-likeness (QED) is 0.478. The van der Waals surface area contributed by atoms with E-state index in [1.54, 1.807) is 19.2 Å². The molecule has 1 aromatic heterocycles. The Morgan fingerprint density at radius 2 is 1.86 bits per heavy atom. The minimum absolute atomic E-state index is 0.439. The highest BCUT2D eigenvalue weighted by Crippen LogP contribution is 2.35. The number of hydrogen-bond donors (Lipinski definition) is 0. The van der Waals surface area contributed by atoms with Crippen molar-refractivity contribution in [3.8, 4) is 17.1 Å². The van der Waals surface area contributed by atoms with E-state index in [4.69, 9.17) is 16.3 Å². The smallest absolute Gasteiger partial charge is 0.161 e. The van der Waals surface area contributed by atoms with E-state index >= 15 is 0 Å². The molecule has 1 heterocycles. The third-order valence-corrected chi connectivity index (χ3v) is 5.92. The van der Waals surface area contributed by atoms with Crippen LogP contribution in [0.5, 0.6) is 5.75 Å². The molecule has 1 fully saturated rings. The first-order chi connectivity index (χ1) is 13.6. The molecule has 0 unspecified atom stereocenters. The van der Waals surface area contributed by atoms with E-state index in [1.165, 1.54) is 38.2 Å². The van der Waals surface area contributed by atoms with Crippen molar-refractivity contribution in [2.24, 2.45) is 5.92 Å². The van der Waals surface area contributed by atoms with Crippen LogP contribution in [-0.2, 0) is 6.54 Å². The summed E-state index contributed by atoms with van der Waals surface area (Å²) in [5.74, 6) is 0.142. The Kier molecular flexibility index (Phi) is 5.54. The van der Waals surface area contributed by atoms with Crippen LogP contribution in [0.15, 0.2) is 30.3 Å². The Morgan fingerprint density at radius 1 is 1.11 bits per heavy atom. The minimum Gasteiger partial charge on any atom is -0.496 e. The van der Waals surface area contributed by atoms with Crippen LogP contribution < -0.4 is 4.74 Å². The van der Waals surface area contributed by atoms with Crippen LogP contribution in [0.4, 0.5) is 8.78 Å². The topological polar surface area (TPSA) is 27.1 Å². The molecule has 3 aromatic rings. The zero-order chi connectivity index (χ0) is 19.7. The molecule has 4 rings (SSSR count). The first kappa shape index (κ1) is 19.2. The summed E-state index contributed by atoms with van der Waals surface area (Å²) in [5.41, 5.74) is 1.80. The molecule has 0 radical (unpaired) electrons. The summed E-state index contributed by atoms with van der Waals surface area (Å²) in [4.78, 5) is 4.62. The van der Waals surface area contributed by atoms with E-state index in [0.717, 1.165) is 18.1 Å². The van der Waals surface area contributed by atoms with E-state index in [2.05, 4.69) is 4.98 Å². The molecule has 28 heavy (non-hydrogen) atoms. The lowest BCUT2D eigenvalue weighted by molar-refractivity contribution is 0.325. The van der Waals surface area contributed by atoms with Gasteiger partial charge in [0, 0.05) is 23.7 Å².